The van der Waals surface area contributed by atoms with Gasteiger partial charge in [-0.15, -0.1) is 11.8 Å². The number of nitrogens with two attached hydrogens (primary N) is 1. The molecule has 1 aliphatic carbocycles. The number of halogens is 1. The first-order valence-electron chi connectivity index (χ1n) is 9.79. The second-order valence-corrected chi connectivity index (χ2v) is 8.60. The van der Waals surface area contributed by atoms with Crippen LogP contribution in [0.1, 0.15) is 24.1 Å². The molecule has 1 heterocycles. The van der Waals surface area contributed by atoms with Crippen LogP contribution in [0.2, 0.25) is 5.02 Å². The molecule has 1 aromatic carbocycles. The molecule has 0 saturated heterocycles. The second-order valence-electron chi connectivity index (χ2n) is 7.32. The van der Waals surface area contributed by atoms with Gasteiger partial charge in [0.15, 0.2) is 6.61 Å². The Morgan fingerprint density at radius 3 is 2.71 bits per heavy atom. The molecule has 3 rings (SSSR count). The van der Waals surface area contributed by atoms with E-state index in [1.807, 2.05) is 6.26 Å². The van der Waals surface area contributed by atoms with Crippen molar-refractivity contribution in [3.63, 3.8) is 0 Å². The molecule has 1 saturated carbocycles. The molecule has 166 valence electrons. The number of hydrogen-bond donors (Lipinski definition) is 3. The number of ether oxygens (including phenoxy) is 1. The number of carbonyl (C=O) groups is 2. The van der Waals surface area contributed by atoms with Crippen molar-refractivity contribution in [2.45, 2.75) is 43.8 Å². The lowest BCUT2D eigenvalue weighted by Gasteiger charge is -2.15. The van der Waals surface area contributed by atoms with Crippen molar-refractivity contribution in [3.8, 4) is 5.75 Å². The fourth-order valence-electron chi connectivity index (χ4n) is 2.98. The molecule has 4 N–H and O–H groups in total. The lowest BCUT2D eigenvalue weighted by molar-refractivity contribution is -0.123. The van der Waals surface area contributed by atoms with Crippen LogP contribution in [0, 0.1) is 6.92 Å². The highest BCUT2D eigenvalue weighted by Crippen LogP contribution is 2.24. The van der Waals surface area contributed by atoms with E-state index in [2.05, 4.69) is 10.6 Å². The molecule has 0 bridgehead atoms. The smallest absolute Gasteiger partial charge is 0.275 e. The third-order valence-electron chi connectivity index (χ3n) is 4.83. The Labute approximate surface area is 189 Å². The number of nitrogens with zero attached hydrogens (tertiary/aromatic N) is 1. The maximum atomic E-state index is 12.5. The van der Waals surface area contributed by atoms with Crippen molar-refractivity contribution >= 4 is 40.9 Å². The normalized spacial score (nSPS) is 13.0. The van der Waals surface area contributed by atoms with Crippen molar-refractivity contribution in [1.29, 1.82) is 0 Å². The van der Waals surface area contributed by atoms with Gasteiger partial charge >= 0.3 is 0 Å². The summed E-state index contributed by atoms with van der Waals surface area (Å²) in [5.74, 6) is -0.0926. The summed E-state index contributed by atoms with van der Waals surface area (Å²) >= 11 is 7.46. The van der Waals surface area contributed by atoms with Crippen molar-refractivity contribution in [2.24, 2.45) is 0 Å². The average Bonchev–Trinajstić information content (AvgIpc) is 3.55. The maximum Gasteiger partial charge on any atom is 0.275 e. The molecule has 0 aliphatic heterocycles. The van der Waals surface area contributed by atoms with Crippen molar-refractivity contribution < 1.29 is 14.3 Å². The molecule has 2 amide bonds. The number of benzene rings is 1. The van der Waals surface area contributed by atoms with Gasteiger partial charge in [0.1, 0.15) is 18.0 Å². The summed E-state index contributed by atoms with van der Waals surface area (Å²) in [6.07, 6.45) is 3.83. The van der Waals surface area contributed by atoms with Crippen LogP contribution in [0.3, 0.4) is 0 Å². The minimum atomic E-state index is -0.395. The van der Waals surface area contributed by atoms with Gasteiger partial charge in [-0.25, -0.2) is 0 Å². The number of hydrogen-bond acceptors (Lipinski definition) is 6. The highest BCUT2D eigenvalue weighted by molar-refractivity contribution is 7.98. The Morgan fingerprint density at radius 2 is 2.03 bits per heavy atom. The van der Waals surface area contributed by atoms with E-state index in [1.54, 1.807) is 31.2 Å². The molecular weight excluding hydrogens is 440 g/mol. The number of rotatable bonds is 9. The van der Waals surface area contributed by atoms with Crippen LogP contribution >= 0.6 is 23.4 Å². The van der Waals surface area contributed by atoms with Crippen LogP contribution in [0.15, 0.2) is 34.0 Å². The quantitative estimate of drug-likeness (QED) is 0.489. The number of nitrogen functional groups attached to an aromatic ring is 1. The minimum Gasteiger partial charge on any atom is -0.483 e. The molecular formula is C21H25ClN4O4S. The van der Waals surface area contributed by atoms with Crippen LogP contribution in [-0.4, -0.2) is 35.3 Å². The van der Waals surface area contributed by atoms with Gasteiger partial charge in [-0.1, -0.05) is 11.6 Å². The molecule has 0 spiro atoms. The maximum absolute atomic E-state index is 12.5. The number of pyridine rings is 1. The van der Waals surface area contributed by atoms with E-state index in [4.69, 9.17) is 22.1 Å². The summed E-state index contributed by atoms with van der Waals surface area (Å²) in [6.45, 7) is 1.60. The molecule has 8 nitrogen and oxygen atoms in total. The first-order chi connectivity index (χ1) is 14.8. The molecule has 1 fully saturated rings. The molecule has 2 aromatic rings. The summed E-state index contributed by atoms with van der Waals surface area (Å²) < 4.78 is 6.95. The van der Waals surface area contributed by atoms with E-state index >= 15 is 0 Å². The predicted molar refractivity (Wildman–Crippen MR) is 122 cm³/mol. The number of aryl methyl sites for hydroxylation is 1. The fraction of sp³-hybridized carbons (Fsp3) is 0.381. The molecule has 0 unspecified atom stereocenters. The van der Waals surface area contributed by atoms with E-state index < -0.39 is 5.56 Å². The largest absolute Gasteiger partial charge is 0.483 e. The zero-order valence-corrected chi connectivity index (χ0v) is 18.9. The number of aromatic nitrogens is 1. The lowest BCUT2D eigenvalue weighted by Crippen LogP contribution is -2.34. The summed E-state index contributed by atoms with van der Waals surface area (Å²) in [4.78, 5) is 37.5. The number of nitrogens with one attached hydrogen (secondary N) is 2. The van der Waals surface area contributed by atoms with E-state index in [-0.39, 0.29) is 43.2 Å². The topological polar surface area (TPSA) is 115 Å². The van der Waals surface area contributed by atoms with E-state index in [0.29, 0.717) is 26.9 Å². The Bertz CT molecular complexity index is 1050. The Balaban J connectivity index is 1.63. The van der Waals surface area contributed by atoms with Gasteiger partial charge in [-0.3, -0.25) is 14.4 Å². The summed E-state index contributed by atoms with van der Waals surface area (Å²) in [6, 6.07) is 7.01. The zero-order valence-electron chi connectivity index (χ0n) is 17.4. The molecule has 1 aromatic heterocycles. The van der Waals surface area contributed by atoms with Crippen molar-refractivity contribution in [1.82, 2.24) is 15.2 Å². The van der Waals surface area contributed by atoms with Gasteiger partial charge in [-0.05, 0) is 50.3 Å². The average molecular weight is 465 g/mol. The molecule has 31 heavy (non-hydrogen) atoms. The number of carbonyl (C=O) groups excluding carboxylic acids is 2. The van der Waals surface area contributed by atoms with Crippen molar-refractivity contribution in [2.75, 3.05) is 18.6 Å². The number of anilines is 1. The van der Waals surface area contributed by atoms with Crippen molar-refractivity contribution in [3.05, 3.63) is 50.9 Å². The van der Waals surface area contributed by atoms with E-state index in [9.17, 15) is 14.4 Å². The molecule has 10 heteroatoms. The van der Waals surface area contributed by atoms with Gasteiger partial charge in [0.25, 0.3) is 11.5 Å². The third kappa shape index (κ3) is 6.18. The second kappa shape index (κ2) is 10.1. The highest BCUT2D eigenvalue weighted by Gasteiger charge is 2.23. The van der Waals surface area contributed by atoms with Crippen LogP contribution < -0.4 is 26.7 Å². The van der Waals surface area contributed by atoms with Crippen LogP contribution in [-0.2, 0) is 22.7 Å². The highest BCUT2D eigenvalue weighted by atomic mass is 35.5. The Kier molecular flexibility index (Phi) is 7.50. The SMILES string of the molecule is CSc1cc(C)n(CC(=O)NCc2cc(Cl)ccc2OCC(=O)NC2CC2)c(=O)c1N. The van der Waals surface area contributed by atoms with Crippen LogP contribution in [0.4, 0.5) is 5.69 Å². The zero-order chi connectivity index (χ0) is 22.5. The van der Waals surface area contributed by atoms with E-state index in [0.717, 1.165) is 12.8 Å². The first kappa shape index (κ1) is 23.0. The summed E-state index contributed by atoms with van der Waals surface area (Å²) in [5.41, 5.74) is 6.88. The summed E-state index contributed by atoms with van der Waals surface area (Å²) in [7, 11) is 0. The Morgan fingerprint density at radius 1 is 1.29 bits per heavy atom. The van der Waals surface area contributed by atoms with E-state index in [1.165, 1.54) is 16.3 Å². The van der Waals surface area contributed by atoms with Gasteiger partial charge in [-0.2, -0.15) is 0 Å². The van der Waals surface area contributed by atoms with Gasteiger partial charge in [0, 0.05) is 33.8 Å². The monoisotopic (exact) mass is 464 g/mol. The molecule has 0 radical (unpaired) electrons. The summed E-state index contributed by atoms with van der Waals surface area (Å²) in [5, 5.41) is 6.09. The lowest BCUT2D eigenvalue weighted by atomic mass is 10.2. The van der Waals surface area contributed by atoms with Crippen LogP contribution in [0.5, 0.6) is 5.75 Å². The third-order valence-corrected chi connectivity index (χ3v) is 5.84. The standard InChI is InChI=1S/C21H25ClN4O4S/c1-12-7-17(31-2)20(23)21(29)26(12)10-18(27)24-9-13-8-14(22)3-6-16(13)30-11-19(28)25-15-4-5-15/h3,6-8,15H,4-5,9-11,23H2,1-2H3,(H,24,27)(H,25,28). The fourth-order valence-corrected chi connectivity index (χ4v) is 3.77. The predicted octanol–water partition coefficient (Wildman–Crippen LogP) is 2.09. The molecule has 1 aliphatic rings. The molecule has 0 atom stereocenters. The number of amides is 2. The van der Waals surface area contributed by atoms with Gasteiger partial charge < -0.3 is 25.7 Å². The minimum absolute atomic E-state index is 0.116. The van der Waals surface area contributed by atoms with Crippen LogP contribution in [0.25, 0.3) is 0 Å². The first-order valence-corrected chi connectivity index (χ1v) is 11.4. The van der Waals surface area contributed by atoms with Gasteiger partial charge in [0.05, 0.1) is 0 Å². The number of thioether (sulfide) groups is 1. The Hall–Kier alpha value is -2.65. The van der Waals surface area contributed by atoms with Gasteiger partial charge in [0.2, 0.25) is 5.91 Å².